The average Bonchev–Trinajstić information content (AvgIpc) is 3.18. The van der Waals surface area contributed by atoms with Crippen molar-refractivity contribution in [2.75, 3.05) is 18.4 Å². The molecule has 3 aromatic rings. The first-order valence-electron chi connectivity index (χ1n) is 10.5. The van der Waals surface area contributed by atoms with Crippen molar-refractivity contribution >= 4 is 29.0 Å². The van der Waals surface area contributed by atoms with Crippen LogP contribution in [-0.4, -0.2) is 34.8 Å². The van der Waals surface area contributed by atoms with E-state index in [1.165, 1.54) is 10.4 Å². The smallest absolute Gasteiger partial charge is 0.322 e. The fraction of sp³-hybridized carbons (Fsp3) is 0.280. The average molecular weight is 436 g/mol. The van der Waals surface area contributed by atoms with Gasteiger partial charge in [0.2, 0.25) is 5.91 Å². The summed E-state index contributed by atoms with van der Waals surface area (Å²) in [4.78, 5) is 30.8. The van der Waals surface area contributed by atoms with Crippen LogP contribution in [0.1, 0.15) is 29.3 Å². The molecule has 0 aliphatic heterocycles. The summed E-state index contributed by atoms with van der Waals surface area (Å²) in [6.45, 7) is 5.68. The lowest BCUT2D eigenvalue weighted by Gasteiger charge is -2.28. The quantitative estimate of drug-likeness (QED) is 0.480. The summed E-state index contributed by atoms with van der Waals surface area (Å²) in [5.74, 6) is -0.0617. The summed E-state index contributed by atoms with van der Waals surface area (Å²) in [7, 11) is 0. The molecule has 0 radical (unpaired) electrons. The molecule has 0 spiro atoms. The van der Waals surface area contributed by atoms with Gasteiger partial charge in [-0.25, -0.2) is 4.79 Å². The van der Waals surface area contributed by atoms with Gasteiger partial charge in [0, 0.05) is 23.7 Å². The molecule has 31 heavy (non-hydrogen) atoms. The maximum absolute atomic E-state index is 13.3. The summed E-state index contributed by atoms with van der Waals surface area (Å²) < 4.78 is 0. The lowest BCUT2D eigenvalue weighted by atomic mass is 10.2. The van der Waals surface area contributed by atoms with E-state index < -0.39 is 0 Å². The number of thiophene rings is 1. The van der Waals surface area contributed by atoms with E-state index in [1.807, 2.05) is 77.9 Å². The predicted octanol–water partition coefficient (Wildman–Crippen LogP) is 5.53. The van der Waals surface area contributed by atoms with Crippen molar-refractivity contribution in [2.45, 2.75) is 33.4 Å². The fourth-order valence-electron chi connectivity index (χ4n) is 3.29. The Kier molecular flexibility index (Phi) is 8.24. The molecule has 162 valence electrons. The van der Waals surface area contributed by atoms with Gasteiger partial charge in [0.15, 0.2) is 0 Å². The number of amides is 3. The van der Waals surface area contributed by atoms with Crippen molar-refractivity contribution in [2.24, 2.45) is 0 Å². The second kappa shape index (κ2) is 11.3. The molecule has 1 aromatic heterocycles. The van der Waals surface area contributed by atoms with Gasteiger partial charge in [-0.3, -0.25) is 4.79 Å². The number of carbonyl (C=O) groups excluding carboxylic acids is 2. The largest absolute Gasteiger partial charge is 0.332 e. The highest BCUT2D eigenvalue weighted by atomic mass is 32.1. The van der Waals surface area contributed by atoms with E-state index in [2.05, 4.69) is 18.3 Å². The van der Waals surface area contributed by atoms with Crippen LogP contribution in [0.15, 0.2) is 72.1 Å². The van der Waals surface area contributed by atoms with Crippen LogP contribution in [0.25, 0.3) is 0 Å². The number of nitrogens with zero attached hydrogens (tertiary/aromatic N) is 2. The minimum absolute atomic E-state index is 0.0454. The number of urea groups is 1. The molecule has 3 rings (SSSR count). The molecule has 0 bridgehead atoms. The highest BCUT2D eigenvalue weighted by Crippen LogP contribution is 2.20. The van der Waals surface area contributed by atoms with Gasteiger partial charge < -0.3 is 15.1 Å². The maximum atomic E-state index is 13.3. The Hall–Kier alpha value is -3.12. The maximum Gasteiger partial charge on any atom is 0.322 e. The second-order valence-electron chi connectivity index (χ2n) is 7.48. The molecule has 5 nitrogen and oxygen atoms in total. The van der Waals surface area contributed by atoms with Crippen LogP contribution in [0.3, 0.4) is 0 Å². The standard InChI is InChI=1S/C25H29N3O2S/c1-3-15-27(25(30)26-22-12-8-5-9-13-22)19-24(29)28(17-21-10-6-4-7-11-21)18-23-20(2)14-16-31-23/h4-14,16H,3,15,17-19H2,1-2H3,(H,26,30). The van der Waals surface area contributed by atoms with Crippen LogP contribution in [0.5, 0.6) is 0 Å². The SMILES string of the molecule is CCCN(CC(=O)N(Cc1ccccc1)Cc1sccc1C)C(=O)Nc1ccccc1. The predicted molar refractivity (Wildman–Crippen MR) is 127 cm³/mol. The molecule has 0 unspecified atom stereocenters. The van der Waals surface area contributed by atoms with Gasteiger partial charge in [-0.2, -0.15) is 0 Å². The third-order valence-corrected chi connectivity index (χ3v) is 6.01. The van der Waals surface area contributed by atoms with Gasteiger partial charge in [0.25, 0.3) is 0 Å². The lowest BCUT2D eigenvalue weighted by molar-refractivity contribution is -0.133. The second-order valence-corrected chi connectivity index (χ2v) is 8.48. The molecule has 1 heterocycles. The van der Waals surface area contributed by atoms with Crippen LogP contribution in [0, 0.1) is 6.92 Å². The Balaban J connectivity index is 1.74. The van der Waals surface area contributed by atoms with E-state index in [4.69, 9.17) is 0 Å². The number of hydrogen-bond donors (Lipinski definition) is 1. The number of carbonyl (C=O) groups is 2. The van der Waals surface area contributed by atoms with Crippen LogP contribution >= 0.6 is 11.3 Å². The Labute approximate surface area is 188 Å². The fourth-order valence-corrected chi connectivity index (χ4v) is 4.21. The van der Waals surface area contributed by atoms with E-state index in [1.54, 1.807) is 16.2 Å². The van der Waals surface area contributed by atoms with Gasteiger partial charge in [0.1, 0.15) is 6.54 Å². The molecule has 6 heteroatoms. The molecule has 0 saturated carbocycles. The molecule has 3 amide bonds. The summed E-state index contributed by atoms with van der Waals surface area (Å²) in [6, 6.07) is 21.1. The zero-order chi connectivity index (χ0) is 22.1. The van der Waals surface area contributed by atoms with E-state index in [9.17, 15) is 9.59 Å². The summed E-state index contributed by atoms with van der Waals surface area (Å²) in [5.41, 5.74) is 2.97. The van der Waals surface area contributed by atoms with Crippen LogP contribution in [0.2, 0.25) is 0 Å². The molecular formula is C25H29N3O2S. The van der Waals surface area contributed by atoms with Crippen LogP contribution in [0.4, 0.5) is 10.5 Å². The molecule has 1 N–H and O–H groups in total. The zero-order valence-electron chi connectivity index (χ0n) is 18.1. The molecule has 0 fully saturated rings. The molecule has 0 saturated heterocycles. The Morgan fingerprint density at radius 1 is 0.903 bits per heavy atom. The Morgan fingerprint density at radius 3 is 2.19 bits per heavy atom. The number of para-hydroxylation sites is 1. The number of anilines is 1. The van der Waals surface area contributed by atoms with Crippen molar-refractivity contribution in [1.82, 2.24) is 9.80 Å². The molecule has 2 aromatic carbocycles. The third-order valence-electron chi connectivity index (χ3n) is 5.00. The number of benzene rings is 2. The summed E-state index contributed by atoms with van der Waals surface area (Å²) >= 11 is 1.66. The van der Waals surface area contributed by atoms with E-state index in [0.29, 0.717) is 19.6 Å². The van der Waals surface area contributed by atoms with Gasteiger partial charge in [-0.15, -0.1) is 11.3 Å². The zero-order valence-corrected chi connectivity index (χ0v) is 18.9. The number of nitrogens with one attached hydrogen (secondary N) is 1. The number of hydrogen-bond acceptors (Lipinski definition) is 3. The molecule has 0 atom stereocenters. The highest BCUT2D eigenvalue weighted by molar-refractivity contribution is 7.10. The number of rotatable bonds is 9. The minimum Gasteiger partial charge on any atom is -0.332 e. The Bertz CT molecular complexity index is 973. The first-order valence-corrected chi connectivity index (χ1v) is 11.4. The summed E-state index contributed by atoms with van der Waals surface area (Å²) in [6.07, 6.45) is 0.776. The topological polar surface area (TPSA) is 52.7 Å². The van der Waals surface area contributed by atoms with Gasteiger partial charge in [-0.05, 0) is 48.1 Å². The highest BCUT2D eigenvalue weighted by Gasteiger charge is 2.22. The molecule has 0 aliphatic rings. The lowest BCUT2D eigenvalue weighted by Crippen LogP contribution is -2.44. The van der Waals surface area contributed by atoms with E-state index in [0.717, 1.165) is 17.7 Å². The Morgan fingerprint density at radius 2 is 1.58 bits per heavy atom. The molecule has 0 aliphatic carbocycles. The van der Waals surface area contributed by atoms with Crippen LogP contribution in [-0.2, 0) is 17.9 Å². The van der Waals surface area contributed by atoms with E-state index >= 15 is 0 Å². The minimum atomic E-state index is -0.256. The first kappa shape index (κ1) is 22.6. The monoisotopic (exact) mass is 435 g/mol. The van der Waals surface area contributed by atoms with Crippen molar-refractivity contribution in [3.05, 3.63) is 88.1 Å². The third kappa shape index (κ3) is 6.69. The van der Waals surface area contributed by atoms with Crippen molar-refractivity contribution in [1.29, 1.82) is 0 Å². The number of aryl methyl sites for hydroxylation is 1. The van der Waals surface area contributed by atoms with Gasteiger partial charge in [-0.1, -0.05) is 55.5 Å². The van der Waals surface area contributed by atoms with Crippen molar-refractivity contribution in [3.8, 4) is 0 Å². The van der Waals surface area contributed by atoms with Crippen molar-refractivity contribution in [3.63, 3.8) is 0 Å². The first-order chi connectivity index (χ1) is 15.1. The van der Waals surface area contributed by atoms with Gasteiger partial charge in [0.05, 0.1) is 6.54 Å². The van der Waals surface area contributed by atoms with E-state index in [-0.39, 0.29) is 18.5 Å². The summed E-state index contributed by atoms with van der Waals surface area (Å²) in [5, 5.41) is 4.94. The normalized spacial score (nSPS) is 10.5. The van der Waals surface area contributed by atoms with Gasteiger partial charge >= 0.3 is 6.03 Å². The van der Waals surface area contributed by atoms with Crippen molar-refractivity contribution < 1.29 is 9.59 Å². The molecular weight excluding hydrogens is 406 g/mol. The van der Waals surface area contributed by atoms with Crippen LogP contribution < -0.4 is 5.32 Å².